The molecule has 0 saturated heterocycles. The van der Waals surface area contributed by atoms with Gasteiger partial charge in [-0.3, -0.25) is 15.1 Å². The Balaban J connectivity index is 2.10. The molecule has 1 aliphatic heterocycles. The van der Waals surface area contributed by atoms with Gasteiger partial charge in [0.05, 0.1) is 6.42 Å². The molecule has 0 radical (unpaired) electrons. The molecule has 3 rings (SSSR count). The van der Waals surface area contributed by atoms with Gasteiger partial charge in [0.1, 0.15) is 0 Å². The van der Waals surface area contributed by atoms with Crippen LogP contribution in [-0.4, -0.2) is 21.4 Å². The predicted molar refractivity (Wildman–Crippen MR) is 88.1 cm³/mol. The number of hydrogen-bond acceptors (Lipinski definition) is 3. The van der Waals surface area contributed by atoms with Crippen molar-refractivity contribution < 1.29 is 4.79 Å². The highest BCUT2D eigenvalue weighted by Crippen LogP contribution is 2.33. The van der Waals surface area contributed by atoms with E-state index >= 15 is 0 Å². The van der Waals surface area contributed by atoms with Gasteiger partial charge in [0.15, 0.2) is 0 Å². The molecule has 3 N–H and O–H groups in total. The SMILES string of the molecule is Cc1c(CC(=O)NN)c2cc3c(cc2n1C)CN(C(C)C)C3. The van der Waals surface area contributed by atoms with Gasteiger partial charge in [-0.15, -0.1) is 0 Å². The summed E-state index contributed by atoms with van der Waals surface area (Å²) in [4.78, 5) is 14.2. The monoisotopic (exact) mass is 300 g/mol. The Morgan fingerprint density at radius 3 is 2.55 bits per heavy atom. The Hall–Kier alpha value is -1.85. The van der Waals surface area contributed by atoms with E-state index in [1.54, 1.807) is 0 Å². The van der Waals surface area contributed by atoms with Crippen molar-refractivity contribution in [2.75, 3.05) is 0 Å². The molecule has 0 saturated carbocycles. The molecule has 0 bridgehead atoms. The summed E-state index contributed by atoms with van der Waals surface area (Å²) in [6, 6.07) is 5.09. The average Bonchev–Trinajstić information content (AvgIpc) is 3.00. The van der Waals surface area contributed by atoms with E-state index in [4.69, 9.17) is 5.84 Å². The summed E-state index contributed by atoms with van der Waals surface area (Å²) in [6.07, 6.45) is 0.326. The van der Waals surface area contributed by atoms with E-state index in [0.29, 0.717) is 12.5 Å². The van der Waals surface area contributed by atoms with Crippen molar-refractivity contribution in [3.8, 4) is 0 Å². The number of nitrogens with one attached hydrogen (secondary N) is 1. The van der Waals surface area contributed by atoms with Gasteiger partial charge >= 0.3 is 0 Å². The molecule has 2 aromatic rings. The van der Waals surface area contributed by atoms with Crippen LogP contribution in [0, 0.1) is 6.92 Å². The van der Waals surface area contributed by atoms with Crippen molar-refractivity contribution in [2.24, 2.45) is 12.9 Å². The van der Waals surface area contributed by atoms with Crippen molar-refractivity contribution in [3.63, 3.8) is 0 Å². The molecule has 1 aromatic heterocycles. The molecule has 1 amide bonds. The molecule has 118 valence electrons. The second-order valence-electron chi connectivity index (χ2n) is 6.50. The maximum Gasteiger partial charge on any atom is 0.238 e. The van der Waals surface area contributed by atoms with Crippen LogP contribution in [0.5, 0.6) is 0 Å². The van der Waals surface area contributed by atoms with Crippen LogP contribution in [0.2, 0.25) is 0 Å². The van der Waals surface area contributed by atoms with Gasteiger partial charge in [0, 0.05) is 42.8 Å². The third kappa shape index (κ3) is 2.30. The van der Waals surface area contributed by atoms with Crippen LogP contribution in [0.15, 0.2) is 12.1 Å². The highest BCUT2D eigenvalue weighted by molar-refractivity contribution is 5.91. The van der Waals surface area contributed by atoms with Crippen LogP contribution in [0.25, 0.3) is 10.9 Å². The quantitative estimate of drug-likeness (QED) is 0.515. The molecule has 0 aliphatic carbocycles. The third-order valence-corrected chi connectivity index (χ3v) is 4.92. The number of fused-ring (bicyclic) bond motifs is 2. The Bertz CT molecular complexity index is 745. The zero-order valence-corrected chi connectivity index (χ0v) is 13.7. The zero-order chi connectivity index (χ0) is 16.0. The number of nitrogens with two attached hydrogens (primary N) is 1. The van der Waals surface area contributed by atoms with Crippen LogP contribution in [-0.2, 0) is 31.4 Å². The summed E-state index contributed by atoms with van der Waals surface area (Å²) in [5.41, 5.74) is 8.41. The van der Waals surface area contributed by atoms with Crippen molar-refractivity contribution in [2.45, 2.75) is 46.3 Å². The minimum atomic E-state index is -0.153. The molecular weight excluding hydrogens is 276 g/mol. The van der Waals surface area contributed by atoms with E-state index < -0.39 is 0 Å². The lowest BCUT2D eigenvalue weighted by Crippen LogP contribution is -2.31. The molecule has 5 nitrogen and oxygen atoms in total. The summed E-state index contributed by atoms with van der Waals surface area (Å²) in [6.45, 7) is 8.51. The van der Waals surface area contributed by atoms with Crippen LogP contribution >= 0.6 is 0 Å². The van der Waals surface area contributed by atoms with Gasteiger partial charge in [0.2, 0.25) is 5.91 Å². The smallest absolute Gasteiger partial charge is 0.238 e. The molecule has 1 aliphatic rings. The average molecular weight is 300 g/mol. The minimum Gasteiger partial charge on any atom is -0.348 e. The van der Waals surface area contributed by atoms with Crippen LogP contribution in [0.1, 0.15) is 36.2 Å². The molecule has 2 heterocycles. The first-order valence-corrected chi connectivity index (χ1v) is 7.75. The van der Waals surface area contributed by atoms with Crippen LogP contribution < -0.4 is 11.3 Å². The van der Waals surface area contributed by atoms with Gasteiger partial charge in [-0.1, -0.05) is 0 Å². The molecule has 1 aromatic carbocycles. The van der Waals surface area contributed by atoms with Gasteiger partial charge in [-0.05, 0) is 49.6 Å². The fourth-order valence-corrected chi connectivity index (χ4v) is 3.36. The summed E-state index contributed by atoms with van der Waals surface area (Å²) in [7, 11) is 2.06. The third-order valence-electron chi connectivity index (χ3n) is 4.92. The summed E-state index contributed by atoms with van der Waals surface area (Å²) >= 11 is 0. The number of hydrogen-bond donors (Lipinski definition) is 2. The van der Waals surface area contributed by atoms with E-state index in [1.165, 1.54) is 22.0 Å². The molecule has 5 heteroatoms. The topological polar surface area (TPSA) is 63.3 Å². The van der Waals surface area contributed by atoms with Gasteiger partial charge in [0.25, 0.3) is 0 Å². The van der Waals surface area contributed by atoms with Crippen LogP contribution in [0.3, 0.4) is 0 Å². The summed E-state index contributed by atoms with van der Waals surface area (Å²) < 4.78 is 2.17. The van der Waals surface area contributed by atoms with Crippen LogP contribution in [0.4, 0.5) is 0 Å². The number of nitrogens with zero attached hydrogens (tertiary/aromatic N) is 2. The molecule has 22 heavy (non-hydrogen) atoms. The van der Waals surface area contributed by atoms with Crippen molar-refractivity contribution >= 4 is 16.8 Å². The lowest BCUT2D eigenvalue weighted by Gasteiger charge is -2.18. The summed E-state index contributed by atoms with van der Waals surface area (Å²) in [5.74, 6) is 5.10. The lowest BCUT2D eigenvalue weighted by atomic mass is 10.0. The number of carbonyl (C=O) groups is 1. The zero-order valence-electron chi connectivity index (χ0n) is 13.7. The Labute approximate surface area is 131 Å². The molecule has 0 fully saturated rings. The number of hydrazine groups is 1. The predicted octanol–water partition coefficient (Wildman–Crippen LogP) is 1.74. The molecular formula is C17H24N4O. The first-order chi connectivity index (χ1) is 10.4. The standard InChI is InChI=1S/C17H24N4O/c1-10(2)21-8-12-5-15-14(7-17(22)19-18)11(3)20(4)16(15)6-13(12)9-21/h5-6,10H,7-9,18H2,1-4H3,(H,19,22). The second-order valence-corrected chi connectivity index (χ2v) is 6.50. The first kappa shape index (κ1) is 15.1. The number of aromatic nitrogens is 1. The number of amides is 1. The number of rotatable bonds is 3. The fourth-order valence-electron chi connectivity index (χ4n) is 3.36. The first-order valence-electron chi connectivity index (χ1n) is 7.75. The van der Waals surface area contributed by atoms with Gasteiger partial charge in [-0.2, -0.15) is 0 Å². The minimum absolute atomic E-state index is 0.153. The second kappa shape index (κ2) is 5.41. The lowest BCUT2D eigenvalue weighted by molar-refractivity contribution is -0.120. The van der Waals surface area contributed by atoms with E-state index in [-0.39, 0.29) is 5.91 Å². The largest absolute Gasteiger partial charge is 0.348 e. The maximum absolute atomic E-state index is 11.7. The van der Waals surface area contributed by atoms with Crippen molar-refractivity contribution in [3.05, 3.63) is 34.5 Å². The highest BCUT2D eigenvalue weighted by atomic mass is 16.2. The van der Waals surface area contributed by atoms with Crippen molar-refractivity contribution in [1.82, 2.24) is 14.9 Å². The molecule has 0 spiro atoms. The van der Waals surface area contributed by atoms with E-state index in [2.05, 4.69) is 54.8 Å². The van der Waals surface area contributed by atoms with Gasteiger partial charge < -0.3 is 4.57 Å². The van der Waals surface area contributed by atoms with Crippen molar-refractivity contribution in [1.29, 1.82) is 0 Å². The molecule has 0 unspecified atom stereocenters. The normalized spacial score (nSPS) is 14.8. The molecule has 0 atom stereocenters. The van der Waals surface area contributed by atoms with E-state index in [1.807, 2.05) is 0 Å². The number of benzene rings is 1. The van der Waals surface area contributed by atoms with E-state index in [9.17, 15) is 4.79 Å². The highest BCUT2D eigenvalue weighted by Gasteiger charge is 2.24. The Kier molecular flexibility index (Phi) is 3.70. The maximum atomic E-state index is 11.7. The Morgan fingerprint density at radius 1 is 1.32 bits per heavy atom. The Morgan fingerprint density at radius 2 is 1.95 bits per heavy atom. The van der Waals surface area contributed by atoms with Gasteiger partial charge in [-0.25, -0.2) is 5.84 Å². The summed E-state index contributed by atoms with van der Waals surface area (Å²) in [5, 5.41) is 1.17. The fraction of sp³-hybridized carbons (Fsp3) is 0.471. The number of carbonyl (C=O) groups excluding carboxylic acids is 1. The van der Waals surface area contributed by atoms with E-state index in [0.717, 1.165) is 24.3 Å². The number of aryl methyl sites for hydroxylation is 1.